The second-order valence-corrected chi connectivity index (χ2v) is 3.97. The molecule has 0 aliphatic carbocycles. The van der Waals surface area contributed by atoms with Crippen molar-refractivity contribution >= 4 is 0 Å². The summed E-state index contributed by atoms with van der Waals surface area (Å²) in [5.41, 5.74) is 2.17. The van der Waals surface area contributed by atoms with E-state index in [1.807, 2.05) is 56.3 Å². The first kappa shape index (κ1) is 11.5. The third kappa shape index (κ3) is 2.41. The van der Waals surface area contributed by atoms with Crippen molar-refractivity contribution in [2.75, 3.05) is 7.11 Å². The van der Waals surface area contributed by atoms with Crippen molar-refractivity contribution in [3.8, 4) is 17.2 Å². The van der Waals surface area contributed by atoms with Crippen molar-refractivity contribution in [1.82, 2.24) is 0 Å². The number of para-hydroxylation sites is 2. The summed E-state index contributed by atoms with van der Waals surface area (Å²) in [6.07, 6.45) is 0. The van der Waals surface area contributed by atoms with Crippen molar-refractivity contribution < 1.29 is 9.47 Å². The van der Waals surface area contributed by atoms with Crippen LogP contribution in [0.25, 0.3) is 0 Å². The van der Waals surface area contributed by atoms with E-state index in [4.69, 9.17) is 9.47 Å². The maximum Gasteiger partial charge on any atom is 0.172 e. The summed E-state index contributed by atoms with van der Waals surface area (Å²) in [4.78, 5) is 0. The molecular formula is C15H16O2. The molecule has 17 heavy (non-hydrogen) atoms. The Morgan fingerprint density at radius 3 is 2.12 bits per heavy atom. The van der Waals surface area contributed by atoms with Gasteiger partial charge in [0.15, 0.2) is 11.5 Å². The molecule has 0 bridgehead atoms. The van der Waals surface area contributed by atoms with Crippen LogP contribution in [-0.2, 0) is 0 Å². The molecule has 0 saturated carbocycles. The fourth-order valence-electron chi connectivity index (χ4n) is 1.70. The van der Waals surface area contributed by atoms with Crippen LogP contribution in [0, 0.1) is 13.8 Å². The molecule has 0 fully saturated rings. The summed E-state index contributed by atoms with van der Waals surface area (Å²) in [6, 6.07) is 13.8. The van der Waals surface area contributed by atoms with E-state index in [2.05, 4.69) is 0 Å². The molecule has 2 aromatic carbocycles. The fourth-order valence-corrected chi connectivity index (χ4v) is 1.70. The van der Waals surface area contributed by atoms with Crippen molar-refractivity contribution in [2.45, 2.75) is 13.8 Å². The Bertz CT molecular complexity index is 518. The summed E-state index contributed by atoms with van der Waals surface area (Å²) in [6.45, 7) is 4.04. The molecule has 0 saturated heterocycles. The highest BCUT2D eigenvalue weighted by Gasteiger charge is 2.09. The monoisotopic (exact) mass is 228 g/mol. The quantitative estimate of drug-likeness (QED) is 0.787. The summed E-state index contributed by atoms with van der Waals surface area (Å²) in [5, 5.41) is 0. The highest BCUT2D eigenvalue weighted by atomic mass is 16.5. The molecule has 0 aliphatic rings. The van der Waals surface area contributed by atoms with Crippen molar-refractivity contribution in [3.05, 3.63) is 53.6 Å². The van der Waals surface area contributed by atoms with E-state index < -0.39 is 0 Å². The van der Waals surface area contributed by atoms with Gasteiger partial charge in [-0.25, -0.2) is 0 Å². The first-order valence-corrected chi connectivity index (χ1v) is 5.59. The third-order valence-corrected chi connectivity index (χ3v) is 2.70. The van der Waals surface area contributed by atoms with Crippen LogP contribution in [-0.4, -0.2) is 7.11 Å². The highest BCUT2D eigenvalue weighted by molar-refractivity contribution is 5.49. The van der Waals surface area contributed by atoms with Crippen LogP contribution >= 0.6 is 0 Å². The first-order chi connectivity index (χ1) is 8.22. The summed E-state index contributed by atoms with van der Waals surface area (Å²) < 4.78 is 11.3. The minimum Gasteiger partial charge on any atom is -0.493 e. The zero-order valence-corrected chi connectivity index (χ0v) is 10.4. The maximum atomic E-state index is 5.94. The van der Waals surface area contributed by atoms with Crippen LogP contribution in [0.5, 0.6) is 17.2 Å². The molecule has 2 heteroatoms. The van der Waals surface area contributed by atoms with Gasteiger partial charge in [0.05, 0.1) is 7.11 Å². The molecule has 2 rings (SSSR count). The van der Waals surface area contributed by atoms with E-state index in [-0.39, 0.29) is 0 Å². The van der Waals surface area contributed by atoms with Gasteiger partial charge in [0, 0.05) is 0 Å². The second-order valence-electron chi connectivity index (χ2n) is 3.97. The fraction of sp³-hybridized carbons (Fsp3) is 0.200. The SMILES string of the molecule is COc1cccc(C)c1Oc1ccccc1C. The molecule has 2 nitrogen and oxygen atoms in total. The Morgan fingerprint density at radius 1 is 0.765 bits per heavy atom. The Kier molecular flexibility index (Phi) is 3.33. The number of methoxy groups -OCH3 is 1. The van der Waals surface area contributed by atoms with E-state index in [1.54, 1.807) is 7.11 Å². The van der Waals surface area contributed by atoms with E-state index in [9.17, 15) is 0 Å². The third-order valence-electron chi connectivity index (χ3n) is 2.70. The van der Waals surface area contributed by atoms with Crippen LogP contribution < -0.4 is 9.47 Å². The average molecular weight is 228 g/mol. The van der Waals surface area contributed by atoms with Gasteiger partial charge < -0.3 is 9.47 Å². The molecule has 0 aromatic heterocycles. The number of rotatable bonds is 3. The number of aryl methyl sites for hydroxylation is 2. The molecule has 0 spiro atoms. The summed E-state index contributed by atoms with van der Waals surface area (Å²) in [5.74, 6) is 2.40. The van der Waals surface area contributed by atoms with Crippen LogP contribution in [0.2, 0.25) is 0 Å². The molecule has 0 atom stereocenters. The van der Waals surface area contributed by atoms with E-state index in [1.165, 1.54) is 0 Å². The average Bonchev–Trinajstić information content (AvgIpc) is 2.34. The Hall–Kier alpha value is -1.96. The number of ether oxygens (including phenoxy) is 2. The number of hydrogen-bond donors (Lipinski definition) is 0. The standard InChI is InChI=1S/C15H16O2/c1-11-7-4-5-9-13(11)17-15-12(2)8-6-10-14(15)16-3/h4-10H,1-3H3. The second kappa shape index (κ2) is 4.91. The lowest BCUT2D eigenvalue weighted by Crippen LogP contribution is -1.93. The molecule has 0 aliphatic heterocycles. The van der Waals surface area contributed by atoms with E-state index in [0.717, 1.165) is 28.4 Å². The van der Waals surface area contributed by atoms with Crippen LogP contribution in [0.4, 0.5) is 0 Å². The van der Waals surface area contributed by atoms with E-state index >= 15 is 0 Å². The Balaban J connectivity index is 2.39. The van der Waals surface area contributed by atoms with Gasteiger partial charge in [-0.2, -0.15) is 0 Å². The van der Waals surface area contributed by atoms with Gasteiger partial charge in [-0.3, -0.25) is 0 Å². The van der Waals surface area contributed by atoms with Gasteiger partial charge in [0.25, 0.3) is 0 Å². The largest absolute Gasteiger partial charge is 0.493 e. The van der Waals surface area contributed by atoms with Crippen LogP contribution in [0.15, 0.2) is 42.5 Å². The van der Waals surface area contributed by atoms with Gasteiger partial charge in [0.1, 0.15) is 5.75 Å². The summed E-state index contributed by atoms with van der Waals surface area (Å²) >= 11 is 0. The van der Waals surface area contributed by atoms with Gasteiger partial charge in [-0.05, 0) is 37.1 Å². The van der Waals surface area contributed by atoms with Crippen molar-refractivity contribution in [1.29, 1.82) is 0 Å². The molecule has 0 amide bonds. The lowest BCUT2D eigenvalue weighted by atomic mass is 10.2. The predicted octanol–water partition coefficient (Wildman–Crippen LogP) is 4.10. The minimum atomic E-state index is 0.758. The molecule has 0 unspecified atom stereocenters. The first-order valence-electron chi connectivity index (χ1n) is 5.59. The molecule has 2 aromatic rings. The zero-order valence-electron chi connectivity index (χ0n) is 10.4. The van der Waals surface area contributed by atoms with Gasteiger partial charge in [0.2, 0.25) is 0 Å². The van der Waals surface area contributed by atoms with Crippen LogP contribution in [0.3, 0.4) is 0 Å². The van der Waals surface area contributed by atoms with Gasteiger partial charge in [-0.15, -0.1) is 0 Å². The molecule has 0 heterocycles. The molecule has 88 valence electrons. The lowest BCUT2D eigenvalue weighted by Gasteiger charge is -2.14. The highest BCUT2D eigenvalue weighted by Crippen LogP contribution is 2.35. The zero-order chi connectivity index (χ0) is 12.3. The Labute approximate surface area is 102 Å². The smallest absolute Gasteiger partial charge is 0.172 e. The van der Waals surface area contributed by atoms with Gasteiger partial charge in [-0.1, -0.05) is 30.3 Å². The van der Waals surface area contributed by atoms with Crippen molar-refractivity contribution in [2.24, 2.45) is 0 Å². The number of benzene rings is 2. The summed E-state index contributed by atoms with van der Waals surface area (Å²) in [7, 11) is 1.65. The van der Waals surface area contributed by atoms with E-state index in [0.29, 0.717) is 0 Å². The minimum absolute atomic E-state index is 0.758. The molecular weight excluding hydrogens is 212 g/mol. The number of hydrogen-bond acceptors (Lipinski definition) is 2. The lowest BCUT2D eigenvalue weighted by molar-refractivity contribution is 0.376. The predicted molar refractivity (Wildman–Crippen MR) is 69.0 cm³/mol. The maximum absolute atomic E-state index is 5.94. The Morgan fingerprint density at radius 2 is 1.41 bits per heavy atom. The van der Waals surface area contributed by atoms with Gasteiger partial charge >= 0.3 is 0 Å². The molecule has 0 radical (unpaired) electrons. The topological polar surface area (TPSA) is 18.5 Å². The van der Waals surface area contributed by atoms with Crippen molar-refractivity contribution in [3.63, 3.8) is 0 Å². The van der Waals surface area contributed by atoms with Crippen LogP contribution in [0.1, 0.15) is 11.1 Å². The normalized spacial score (nSPS) is 10.1. The molecule has 0 N–H and O–H groups in total.